The van der Waals surface area contributed by atoms with Crippen LogP contribution in [0.25, 0.3) is 21.9 Å². The molecular formula is C16H11O. The Kier molecular flexibility index (Phi) is 2.30. The van der Waals surface area contributed by atoms with Gasteiger partial charge in [-0.05, 0) is 28.5 Å². The molecule has 0 spiro atoms. The van der Waals surface area contributed by atoms with Crippen molar-refractivity contribution < 1.29 is 5.11 Å². The standard InChI is InChI=1S/C16H11O/c17-16-8-4-3-7-15(16)14-10-9-12-5-1-2-6-13(12)11-14/h1-10,17H. The van der Waals surface area contributed by atoms with Gasteiger partial charge in [0, 0.05) is 5.56 Å². The van der Waals surface area contributed by atoms with Crippen LogP contribution in [-0.2, 0) is 0 Å². The lowest BCUT2D eigenvalue weighted by molar-refractivity contribution is 0.477. The fourth-order valence-corrected chi connectivity index (χ4v) is 1.97. The third kappa shape index (κ3) is 1.76. The van der Waals surface area contributed by atoms with Crippen LogP contribution in [0, 0.1) is 6.07 Å². The molecule has 0 unspecified atom stereocenters. The molecule has 0 fully saturated rings. The molecule has 3 aromatic rings. The summed E-state index contributed by atoms with van der Waals surface area (Å²) in [6.45, 7) is 0. The molecule has 1 radical (unpaired) electrons. The average molecular weight is 219 g/mol. The van der Waals surface area contributed by atoms with Crippen molar-refractivity contribution in [2.75, 3.05) is 0 Å². The number of rotatable bonds is 1. The first-order valence-electron chi connectivity index (χ1n) is 5.54. The van der Waals surface area contributed by atoms with Gasteiger partial charge in [-0.25, -0.2) is 0 Å². The zero-order valence-corrected chi connectivity index (χ0v) is 9.22. The highest BCUT2D eigenvalue weighted by Gasteiger charge is 2.03. The first kappa shape index (κ1) is 9.91. The van der Waals surface area contributed by atoms with Crippen LogP contribution >= 0.6 is 0 Å². The fraction of sp³-hybridized carbons (Fsp3) is 0. The van der Waals surface area contributed by atoms with Gasteiger partial charge >= 0.3 is 0 Å². The van der Waals surface area contributed by atoms with Crippen LogP contribution in [0.4, 0.5) is 0 Å². The highest BCUT2D eigenvalue weighted by molar-refractivity contribution is 5.87. The van der Waals surface area contributed by atoms with Crippen molar-refractivity contribution in [3.8, 4) is 16.9 Å². The largest absolute Gasteiger partial charge is 0.507 e. The van der Waals surface area contributed by atoms with E-state index in [2.05, 4.69) is 12.1 Å². The van der Waals surface area contributed by atoms with Crippen LogP contribution in [0.5, 0.6) is 5.75 Å². The molecule has 0 amide bonds. The summed E-state index contributed by atoms with van der Waals surface area (Å²) in [5, 5.41) is 12.0. The second kappa shape index (κ2) is 3.95. The van der Waals surface area contributed by atoms with E-state index in [1.807, 2.05) is 48.5 Å². The van der Waals surface area contributed by atoms with Crippen LogP contribution in [0.3, 0.4) is 0 Å². The lowest BCUT2D eigenvalue weighted by Gasteiger charge is -2.05. The molecule has 0 aliphatic heterocycles. The van der Waals surface area contributed by atoms with Gasteiger partial charge in [0.2, 0.25) is 0 Å². The predicted molar refractivity (Wildman–Crippen MR) is 69.9 cm³/mol. The number of aromatic hydroxyl groups is 1. The first-order valence-corrected chi connectivity index (χ1v) is 5.54. The van der Waals surface area contributed by atoms with Gasteiger partial charge in [-0.15, -0.1) is 0 Å². The Bertz CT molecular complexity index is 671. The van der Waals surface area contributed by atoms with E-state index in [9.17, 15) is 5.11 Å². The Labute approximate surface area is 100.0 Å². The third-order valence-electron chi connectivity index (χ3n) is 2.85. The molecule has 0 bridgehead atoms. The summed E-state index contributed by atoms with van der Waals surface area (Å²) >= 11 is 0. The van der Waals surface area contributed by atoms with Crippen LogP contribution < -0.4 is 0 Å². The Morgan fingerprint density at radius 2 is 1.53 bits per heavy atom. The van der Waals surface area contributed by atoms with Gasteiger partial charge in [0.15, 0.2) is 0 Å². The maximum atomic E-state index is 9.82. The molecule has 81 valence electrons. The summed E-state index contributed by atoms with van der Waals surface area (Å²) in [6, 6.07) is 22.8. The van der Waals surface area contributed by atoms with Crippen molar-refractivity contribution >= 4 is 10.8 Å². The van der Waals surface area contributed by atoms with Crippen molar-refractivity contribution in [2.24, 2.45) is 0 Å². The highest BCUT2D eigenvalue weighted by atomic mass is 16.3. The molecular weight excluding hydrogens is 208 g/mol. The van der Waals surface area contributed by atoms with Crippen LogP contribution in [0.1, 0.15) is 0 Å². The Hall–Kier alpha value is -2.28. The molecule has 3 aromatic carbocycles. The van der Waals surface area contributed by atoms with Gasteiger partial charge in [0.05, 0.1) is 0 Å². The maximum absolute atomic E-state index is 9.82. The van der Waals surface area contributed by atoms with E-state index in [0.717, 1.165) is 21.9 Å². The topological polar surface area (TPSA) is 20.2 Å². The highest BCUT2D eigenvalue weighted by Crippen LogP contribution is 2.30. The molecule has 0 aliphatic carbocycles. The molecule has 17 heavy (non-hydrogen) atoms. The smallest absolute Gasteiger partial charge is 0.123 e. The Morgan fingerprint density at radius 1 is 0.765 bits per heavy atom. The number of fused-ring (bicyclic) bond motifs is 1. The van der Waals surface area contributed by atoms with E-state index in [-0.39, 0.29) is 0 Å². The molecule has 0 saturated heterocycles. The maximum Gasteiger partial charge on any atom is 0.123 e. The van der Waals surface area contributed by atoms with Crippen molar-refractivity contribution in [1.29, 1.82) is 0 Å². The Morgan fingerprint density at radius 3 is 2.41 bits per heavy atom. The number of phenolic OH excluding ortho intramolecular Hbond substituents is 1. The monoisotopic (exact) mass is 219 g/mol. The van der Waals surface area contributed by atoms with Crippen molar-refractivity contribution in [3.05, 3.63) is 66.7 Å². The van der Waals surface area contributed by atoms with Gasteiger partial charge in [-0.1, -0.05) is 54.6 Å². The molecule has 0 aliphatic rings. The minimum absolute atomic E-state index is 0.291. The molecule has 1 nitrogen and oxygen atoms in total. The molecule has 3 rings (SSSR count). The molecule has 1 heteroatoms. The number of phenols is 1. The van der Waals surface area contributed by atoms with E-state index in [0.29, 0.717) is 5.75 Å². The molecule has 1 N–H and O–H groups in total. The number of hydrogen-bond acceptors (Lipinski definition) is 1. The number of para-hydroxylation sites is 1. The second-order valence-corrected chi connectivity index (χ2v) is 3.98. The summed E-state index contributed by atoms with van der Waals surface area (Å²) < 4.78 is 0. The molecule has 0 aromatic heterocycles. The fourth-order valence-electron chi connectivity index (χ4n) is 1.97. The van der Waals surface area contributed by atoms with Crippen LogP contribution in [-0.4, -0.2) is 5.11 Å². The van der Waals surface area contributed by atoms with Gasteiger partial charge in [-0.2, -0.15) is 0 Å². The molecule has 0 atom stereocenters. The van der Waals surface area contributed by atoms with Crippen molar-refractivity contribution in [3.63, 3.8) is 0 Å². The van der Waals surface area contributed by atoms with E-state index >= 15 is 0 Å². The van der Waals surface area contributed by atoms with Crippen LogP contribution in [0.15, 0.2) is 60.7 Å². The molecule has 0 saturated carbocycles. The van der Waals surface area contributed by atoms with Gasteiger partial charge in [-0.3, -0.25) is 0 Å². The lowest BCUT2D eigenvalue weighted by atomic mass is 10.0. The predicted octanol–water partition coefficient (Wildman–Crippen LogP) is 4.01. The number of benzene rings is 3. The van der Waals surface area contributed by atoms with Gasteiger partial charge in [0.25, 0.3) is 0 Å². The zero-order chi connectivity index (χ0) is 11.7. The van der Waals surface area contributed by atoms with E-state index < -0.39 is 0 Å². The normalized spacial score (nSPS) is 10.6. The SMILES string of the molecule is Oc1ccccc1-c1[c]c2ccccc2cc1. The first-order chi connectivity index (χ1) is 8.34. The van der Waals surface area contributed by atoms with Gasteiger partial charge in [0.1, 0.15) is 5.75 Å². The Balaban J connectivity index is 2.22. The van der Waals surface area contributed by atoms with Crippen molar-refractivity contribution in [1.82, 2.24) is 0 Å². The zero-order valence-electron chi connectivity index (χ0n) is 9.22. The summed E-state index contributed by atoms with van der Waals surface area (Å²) in [5.74, 6) is 0.291. The van der Waals surface area contributed by atoms with Gasteiger partial charge < -0.3 is 5.11 Å². The van der Waals surface area contributed by atoms with E-state index in [4.69, 9.17) is 0 Å². The minimum Gasteiger partial charge on any atom is -0.507 e. The third-order valence-corrected chi connectivity index (χ3v) is 2.85. The second-order valence-electron chi connectivity index (χ2n) is 3.98. The molecule has 0 heterocycles. The minimum atomic E-state index is 0.291. The lowest BCUT2D eigenvalue weighted by Crippen LogP contribution is -1.80. The van der Waals surface area contributed by atoms with Crippen LogP contribution in [0.2, 0.25) is 0 Å². The number of hydrogen-bond donors (Lipinski definition) is 1. The summed E-state index contributed by atoms with van der Waals surface area (Å²) in [7, 11) is 0. The van der Waals surface area contributed by atoms with Crippen molar-refractivity contribution in [2.45, 2.75) is 0 Å². The summed E-state index contributed by atoms with van der Waals surface area (Å²) in [4.78, 5) is 0. The summed E-state index contributed by atoms with van der Waals surface area (Å²) in [6.07, 6.45) is 0. The summed E-state index contributed by atoms with van der Waals surface area (Å²) in [5.41, 5.74) is 1.74. The van der Waals surface area contributed by atoms with E-state index in [1.54, 1.807) is 6.07 Å². The van der Waals surface area contributed by atoms with E-state index in [1.165, 1.54) is 0 Å². The average Bonchev–Trinajstić information content (AvgIpc) is 2.39. The quantitative estimate of drug-likeness (QED) is 0.655.